The predicted octanol–water partition coefficient (Wildman–Crippen LogP) is -0.868. The van der Waals surface area contributed by atoms with Gasteiger partial charge in [0.25, 0.3) is 0 Å². The van der Waals surface area contributed by atoms with Crippen LogP contribution in [0.15, 0.2) is 0 Å². The molecule has 13 heavy (non-hydrogen) atoms. The molecule has 0 aromatic carbocycles. The second-order valence-corrected chi connectivity index (χ2v) is 3.65. The van der Waals surface area contributed by atoms with E-state index in [1.807, 2.05) is 4.90 Å². The van der Waals surface area contributed by atoms with Crippen LogP contribution in [0.4, 0.5) is 4.79 Å². The molecule has 0 aromatic heterocycles. The largest absolute Gasteiger partial charge is 1.00 e. The first kappa shape index (κ1) is 11.3. The van der Waals surface area contributed by atoms with Crippen molar-refractivity contribution in [2.75, 3.05) is 13.1 Å². The minimum absolute atomic E-state index is 0. The van der Waals surface area contributed by atoms with Gasteiger partial charge in [-0.05, 0) is 19.1 Å². The number of carbonyl (C=O) groups is 1. The van der Waals surface area contributed by atoms with Crippen molar-refractivity contribution in [3.8, 4) is 0 Å². The summed E-state index contributed by atoms with van der Waals surface area (Å²) >= 11 is 0. The van der Waals surface area contributed by atoms with E-state index in [1.54, 1.807) is 0 Å². The number of rotatable bonds is 1. The van der Waals surface area contributed by atoms with Crippen molar-refractivity contribution in [2.45, 2.75) is 38.1 Å². The second-order valence-electron chi connectivity index (χ2n) is 3.65. The topological polar surface area (TPSA) is 34.4 Å². The summed E-state index contributed by atoms with van der Waals surface area (Å²) in [5.74, 6) is 0. The zero-order valence-corrected chi connectivity index (χ0v) is 10.3. The van der Waals surface area contributed by atoms with E-state index in [4.69, 9.17) is 0 Å². The Balaban J connectivity index is 0.000000845. The molecular weight excluding hydrogens is 175 g/mol. The number of urea groups is 1. The van der Waals surface area contributed by atoms with E-state index in [2.05, 4.69) is 5.32 Å². The van der Waals surface area contributed by atoms with E-state index in [9.17, 15) is 4.79 Å². The molecule has 2 amide bonds. The van der Waals surface area contributed by atoms with Gasteiger partial charge >= 0.3 is 29.6 Å². The van der Waals surface area contributed by atoms with Crippen LogP contribution in [-0.2, 0) is 0 Å². The van der Waals surface area contributed by atoms with E-state index in [-0.39, 0.29) is 35.6 Å². The average Bonchev–Trinajstić information content (AvgIpc) is 2.53. The van der Waals surface area contributed by atoms with E-state index in [0.717, 1.165) is 13.1 Å². The molecule has 2 rings (SSSR count). The molecule has 1 aliphatic heterocycles. The van der Waals surface area contributed by atoms with Crippen molar-refractivity contribution in [1.29, 1.82) is 0 Å². The number of amides is 2. The molecule has 68 valence electrons. The fourth-order valence-electron chi connectivity index (χ4n) is 2.17. The molecule has 1 aliphatic carbocycles. The summed E-state index contributed by atoms with van der Waals surface area (Å²) in [7, 11) is 0. The summed E-state index contributed by atoms with van der Waals surface area (Å²) < 4.78 is 0. The number of hydrogen-bond acceptors (Lipinski definition) is 1. The molecule has 0 N–H and O–H groups in total. The Kier molecular flexibility index (Phi) is 4.56. The van der Waals surface area contributed by atoms with Crippen LogP contribution < -0.4 is 29.6 Å². The van der Waals surface area contributed by atoms with Gasteiger partial charge in [-0.25, -0.2) is 0 Å². The van der Waals surface area contributed by atoms with Crippen molar-refractivity contribution in [3.05, 3.63) is 5.32 Å². The van der Waals surface area contributed by atoms with Crippen molar-refractivity contribution in [2.24, 2.45) is 0 Å². The average molecular weight is 190 g/mol. The van der Waals surface area contributed by atoms with Gasteiger partial charge in [0.1, 0.15) is 0 Å². The Morgan fingerprint density at radius 2 is 1.92 bits per heavy atom. The van der Waals surface area contributed by atoms with Crippen LogP contribution in [0.3, 0.4) is 0 Å². The van der Waals surface area contributed by atoms with Crippen molar-refractivity contribution in [3.63, 3.8) is 0 Å². The second kappa shape index (κ2) is 5.23. The zero-order valence-electron chi connectivity index (χ0n) is 8.33. The summed E-state index contributed by atoms with van der Waals surface area (Å²) in [5, 5.41) is 3.88. The molecule has 0 atom stereocenters. The molecule has 2 fully saturated rings. The third-order valence-electron chi connectivity index (χ3n) is 2.85. The molecule has 4 heteroatoms. The van der Waals surface area contributed by atoms with Gasteiger partial charge in [-0.1, -0.05) is 32.1 Å². The van der Waals surface area contributed by atoms with E-state index in [0.29, 0.717) is 6.04 Å². The quantitative estimate of drug-likeness (QED) is 0.495. The first-order valence-corrected chi connectivity index (χ1v) is 4.86. The molecule has 0 aromatic rings. The van der Waals surface area contributed by atoms with Gasteiger partial charge in [-0.2, -0.15) is 0 Å². The standard InChI is InChI=1S/C9H16N2O.Na/c12-9-10-6-7-11(9)8-4-2-1-3-5-8;/h8H,1-7H2,(H,10,12);/q;+1/p-1. The minimum atomic E-state index is 0. The molecule has 1 saturated heterocycles. The fraction of sp³-hybridized carbons (Fsp3) is 0.889. The Morgan fingerprint density at radius 3 is 2.46 bits per heavy atom. The van der Waals surface area contributed by atoms with Gasteiger partial charge in [-0.15, -0.1) is 0 Å². The monoisotopic (exact) mass is 190 g/mol. The summed E-state index contributed by atoms with van der Waals surface area (Å²) in [4.78, 5) is 13.2. The van der Waals surface area contributed by atoms with Crippen molar-refractivity contribution in [1.82, 2.24) is 4.90 Å². The van der Waals surface area contributed by atoms with Crippen molar-refractivity contribution >= 4 is 6.03 Å². The Hall–Kier alpha value is 0.270. The van der Waals surface area contributed by atoms with Crippen LogP contribution in [-0.4, -0.2) is 30.1 Å². The Morgan fingerprint density at radius 1 is 1.23 bits per heavy atom. The maximum absolute atomic E-state index is 11.2. The number of nitrogens with zero attached hydrogens (tertiary/aromatic N) is 2. The summed E-state index contributed by atoms with van der Waals surface area (Å²) in [5.41, 5.74) is 0. The van der Waals surface area contributed by atoms with E-state index in [1.165, 1.54) is 32.1 Å². The van der Waals surface area contributed by atoms with Gasteiger partial charge in [0.05, 0.1) is 0 Å². The fourth-order valence-corrected chi connectivity index (χ4v) is 2.17. The summed E-state index contributed by atoms with van der Waals surface area (Å²) in [6.45, 7) is 1.58. The molecule has 1 heterocycles. The van der Waals surface area contributed by atoms with Gasteiger partial charge in [-0.3, -0.25) is 4.79 Å². The van der Waals surface area contributed by atoms with Gasteiger partial charge in [0, 0.05) is 0 Å². The summed E-state index contributed by atoms with van der Waals surface area (Å²) in [6, 6.07) is 0.541. The molecule has 0 bridgehead atoms. The van der Waals surface area contributed by atoms with Crippen molar-refractivity contribution < 1.29 is 34.4 Å². The van der Waals surface area contributed by atoms with Crippen LogP contribution in [0.25, 0.3) is 5.32 Å². The first-order valence-electron chi connectivity index (χ1n) is 4.86. The molecular formula is C9H15N2NaO. The SMILES string of the molecule is O=C1[N-]CCN1C1CCCCC1.[Na+]. The normalized spacial score (nSPS) is 24.0. The van der Waals surface area contributed by atoms with Crippen LogP contribution >= 0.6 is 0 Å². The third kappa shape index (κ3) is 2.61. The first-order chi connectivity index (χ1) is 5.88. The molecule has 1 saturated carbocycles. The molecule has 0 radical (unpaired) electrons. The Bertz CT molecular complexity index is 180. The number of hydrogen-bond donors (Lipinski definition) is 0. The summed E-state index contributed by atoms with van der Waals surface area (Å²) in [6.07, 6.45) is 6.31. The zero-order chi connectivity index (χ0) is 8.39. The maximum atomic E-state index is 11.2. The van der Waals surface area contributed by atoms with Gasteiger partial charge in [0.15, 0.2) is 6.03 Å². The van der Waals surface area contributed by atoms with E-state index >= 15 is 0 Å². The molecule has 0 unspecified atom stereocenters. The molecule has 2 aliphatic rings. The van der Waals surface area contributed by atoms with Crippen LogP contribution in [0, 0.1) is 0 Å². The van der Waals surface area contributed by atoms with Crippen LogP contribution in [0.5, 0.6) is 0 Å². The molecule has 0 spiro atoms. The van der Waals surface area contributed by atoms with E-state index < -0.39 is 0 Å². The number of carbonyl (C=O) groups excluding carboxylic acids is 1. The van der Waals surface area contributed by atoms with Crippen LogP contribution in [0.1, 0.15) is 32.1 Å². The third-order valence-corrected chi connectivity index (χ3v) is 2.85. The maximum Gasteiger partial charge on any atom is 1.00 e. The van der Waals surface area contributed by atoms with Crippen LogP contribution in [0.2, 0.25) is 0 Å². The van der Waals surface area contributed by atoms with Gasteiger partial charge < -0.3 is 10.2 Å². The van der Waals surface area contributed by atoms with Gasteiger partial charge in [0.2, 0.25) is 0 Å². The smallest absolute Gasteiger partial charge is 0.434 e. The Labute approximate surface area is 102 Å². The predicted molar refractivity (Wildman–Crippen MR) is 47.2 cm³/mol. The molecule has 3 nitrogen and oxygen atoms in total. The minimum Gasteiger partial charge on any atom is -0.434 e.